The lowest BCUT2D eigenvalue weighted by molar-refractivity contribution is -0.118. The van der Waals surface area contributed by atoms with E-state index in [9.17, 15) is 4.79 Å². The van der Waals surface area contributed by atoms with Gasteiger partial charge in [0.25, 0.3) is 0 Å². The molecule has 16 heavy (non-hydrogen) atoms. The first-order valence-electron chi connectivity index (χ1n) is 5.18. The summed E-state index contributed by atoms with van der Waals surface area (Å²) in [5.41, 5.74) is 0.885. The van der Waals surface area contributed by atoms with Crippen molar-refractivity contribution in [2.45, 2.75) is 13.8 Å². The average molecular weight is 217 g/mol. The van der Waals surface area contributed by atoms with E-state index >= 15 is 0 Å². The number of nitrogens with one attached hydrogen (secondary N) is 1. The van der Waals surface area contributed by atoms with E-state index in [-0.39, 0.29) is 5.91 Å². The fourth-order valence-electron chi connectivity index (χ4n) is 1.15. The van der Waals surface area contributed by atoms with Gasteiger partial charge in [-0.2, -0.15) is 0 Å². The molecule has 3 nitrogen and oxygen atoms in total. The van der Waals surface area contributed by atoms with Crippen LogP contribution in [-0.4, -0.2) is 19.1 Å². The monoisotopic (exact) mass is 217 g/mol. The van der Waals surface area contributed by atoms with Gasteiger partial charge in [0.05, 0.1) is 13.2 Å². The summed E-state index contributed by atoms with van der Waals surface area (Å²) in [6.07, 6.45) is 0. The largest absolute Gasteiger partial charge is 0.494 e. The van der Waals surface area contributed by atoms with Crippen molar-refractivity contribution in [3.8, 4) is 17.6 Å². The molecule has 0 saturated heterocycles. The highest BCUT2D eigenvalue weighted by Crippen LogP contribution is 2.11. The molecule has 0 aromatic heterocycles. The van der Waals surface area contributed by atoms with Gasteiger partial charge < -0.3 is 10.1 Å². The van der Waals surface area contributed by atoms with Crippen molar-refractivity contribution < 1.29 is 9.53 Å². The Labute approximate surface area is 95.8 Å². The van der Waals surface area contributed by atoms with Crippen molar-refractivity contribution in [2.75, 3.05) is 13.2 Å². The third-order valence-corrected chi connectivity index (χ3v) is 1.80. The summed E-state index contributed by atoms with van der Waals surface area (Å²) in [7, 11) is 0. The molecule has 0 heterocycles. The van der Waals surface area contributed by atoms with Gasteiger partial charge in [0.1, 0.15) is 5.75 Å². The van der Waals surface area contributed by atoms with Gasteiger partial charge in [-0.15, -0.1) is 0 Å². The predicted molar refractivity (Wildman–Crippen MR) is 63.2 cm³/mol. The molecule has 1 rings (SSSR count). The van der Waals surface area contributed by atoms with E-state index in [0.717, 1.165) is 11.3 Å². The zero-order valence-corrected chi connectivity index (χ0v) is 9.54. The SMILES string of the molecule is CCOc1cccc(C#CCNC(C)=O)c1. The maximum atomic E-state index is 10.6. The Morgan fingerprint density at radius 3 is 3.00 bits per heavy atom. The smallest absolute Gasteiger partial charge is 0.217 e. The van der Waals surface area contributed by atoms with Gasteiger partial charge >= 0.3 is 0 Å². The molecule has 0 bridgehead atoms. The molecule has 1 aromatic carbocycles. The Bertz CT molecular complexity index is 415. The van der Waals surface area contributed by atoms with Gasteiger partial charge in [-0.3, -0.25) is 4.79 Å². The fraction of sp³-hybridized carbons (Fsp3) is 0.308. The van der Waals surface area contributed by atoms with Crippen LogP contribution in [0.2, 0.25) is 0 Å². The van der Waals surface area contributed by atoms with Crippen LogP contribution in [0.25, 0.3) is 0 Å². The minimum atomic E-state index is -0.0719. The molecule has 0 aliphatic heterocycles. The molecule has 1 amide bonds. The summed E-state index contributed by atoms with van der Waals surface area (Å²) >= 11 is 0. The Morgan fingerprint density at radius 1 is 1.50 bits per heavy atom. The van der Waals surface area contributed by atoms with Crippen LogP contribution >= 0.6 is 0 Å². The molecule has 84 valence electrons. The van der Waals surface area contributed by atoms with Crippen LogP contribution in [0.4, 0.5) is 0 Å². The summed E-state index contributed by atoms with van der Waals surface area (Å²) in [6, 6.07) is 7.57. The standard InChI is InChI=1S/C13H15NO2/c1-3-16-13-8-4-6-12(10-13)7-5-9-14-11(2)15/h4,6,8,10H,3,9H2,1-2H3,(H,14,15). The summed E-state index contributed by atoms with van der Waals surface area (Å²) in [5.74, 6) is 6.56. The van der Waals surface area contributed by atoms with Gasteiger partial charge in [0, 0.05) is 12.5 Å². The summed E-state index contributed by atoms with van der Waals surface area (Å²) in [4.78, 5) is 10.6. The van der Waals surface area contributed by atoms with E-state index in [1.165, 1.54) is 6.92 Å². The first kappa shape index (κ1) is 12.1. The molecule has 0 radical (unpaired) electrons. The molecule has 0 aliphatic rings. The lowest BCUT2D eigenvalue weighted by Gasteiger charge is -2.01. The summed E-state index contributed by atoms with van der Waals surface area (Å²) in [5, 5.41) is 2.61. The van der Waals surface area contributed by atoms with Crippen molar-refractivity contribution in [3.63, 3.8) is 0 Å². The first-order chi connectivity index (χ1) is 7.72. The lowest BCUT2D eigenvalue weighted by Crippen LogP contribution is -2.19. The maximum Gasteiger partial charge on any atom is 0.217 e. The number of hydrogen-bond acceptors (Lipinski definition) is 2. The van der Waals surface area contributed by atoms with Gasteiger partial charge in [0.2, 0.25) is 5.91 Å². The van der Waals surface area contributed by atoms with Crippen LogP contribution in [0.5, 0.6) is 5.75 Å². The van der Waals surface area contributed by atoms with Crippen LogP contribution in [0.1, 0.15) is 19.4 Å². The molecule has 3 heteroatoms. The minimum Gasteiger partial charge on any atom is -0.494 e. The topological polar surface area (TPSA) is 38.3 Å². The van der Waals surface area contributed by atoms with Gasteiger partial charge in [-0.1, -0.05) is 17.9 Å². The number of amides is 1. The number of hydrogen-bond donors (Lipinski definition) is 1. The molecule has 0 saturated carbocycles. The van der Waals surface area contributed by atoms with Crippen molar-refractivity contribution in [1.29, 1.82) is 0 Å². The normalized spacial score (nSPS) is 8.88. The molecule has 0 unspecified atom stereocenters. The van der Waals surface area contributed by atoms with E-state index in [1.807, 2.05) is 31.2 Å². The molecular formula is C13H15NO2. The number of carbonyl (C=O) groups excluding carboxylic acids is 1. The number of ether oxygens (including phenoxy) is 1. The van der Waals surface area contributed by atoms with E-state index < -0.39 is 0 Å². The quantitative estimate of drug-likeness (QED) is 0.780. The van der Waals surface area contributed by atoms with Crippen LogP contribution in [0.15, 0.2) is 24.3 Å². The Balaban J connectivity index is 2.58. The second-order valence-electron chi connectivity index (χ2n) is 3.17. The molecule has 1 aromatic rings. The molecular weight excluding hydrogens is 202 g/mol. The van der Waals surface area contributed by atoms with Gasteiger partial charge in [-0.25, -0.2) is 0 Å². The maximum absolute atomic E-state index is 10.6. The third-order valence-electron chi connectivity index (χ3n) is 1.80. The predicted octanol–water partition coefficient (Wildman–Crippen LogP) is 1.57. The Hall–Kier alpha value is -1.95. The summed E-state index contributed by atoms with van der Waals surface area (Å²) in [6.45, 7) is 4.42. The van der Waals surface area contributed by atoms with E-state index in [0.29, 0.717) is 13.2 Å². The molecule has 0 spiro atoms. The fourth-order valence-corrected chi connectivity index (χ4v) is 1.15. The zero-order chi connectivity index (χ0) is 11.8. The van der Waals surface area contributed by atoms with Gasteiger partial charge in [0.15, 0.2) is 0 Å². The molecule has 1 N–H and O–H groups in total. The van der Waals surface area contributed by atoms with Crippen molar-refractivity contribution >= 4 is 5.91 Å². The second-order valence-corrected chi connectivity index (χ2v) is 3.17. The molecule has 0 atom stereocenters. The Morgan fingerprint density at radius 2 is 2.31 bits per heavy atom. The van der Waals surface area contributed by atoms with Gasteiger partial charge in [-0.05, 0) is 25.1 Å². The number of benzene rings is 1. The lowest BCUT2D eigenvalue weighted by atomic mass is 10.2. The van der Waals surface area contributed by atoms with E-state index in [2.05, 4.69) is 17.2 Å². The molecule has 0 fully saturated rings. The Kier molecular flexibility index (Phi) is 4.94. The highest BCUT2D eigenvalue weighted by atomic mass is 16.5. The highest BCUT2D eigenvalue weighted by Gasteiger charge is 1.92. The van der Waals surface area contributed by atoms with Crippen LogP contribution in [0, 0.1) is 11.8 Å². The van der Waals surface area contributed by atoms with Crippen molar-refractivity contribution in [3.05, 3.63) is 29.8 Å². The van der Waals surface area contributed by atoms with Crippen LogP contribution < -0.4 is 10.1 Å². The third kappa shape index (κ3) is 4.52. The highest BCUT2D eigenvalue weighted by molar-refractivity contribution is 5.73. The second kappa shape index (κ2) is 6.52. The number of carbonyl (C=O) groups is 1. The zero-order valence-electron chi connectivity index (χ0n) is 9.54. The van der Waals surface area contributed by atoms with E-state index in [4.69, 9.17) is 4.74 Å². The van der Waals surface area contributed by atoms with Crippen LogP contribution in [-0.2, 0) is 4.79 Å². The number of rotatable bonds is 3. The summed E-state index contributed by atoms with van der Waals surface area (Å²) < 4.78 is 5.35. The molecule has 0 aliphatic carbocycles. The van der Waals surface area contributed by atoms with Crippen molar-refractivity contribution in [2.24, 2.45) is 0 Å². The average Bonchev–Trinajstić information content (AvgIpc) is 2.25. The van der Waals surface area contributed by atoms with E-state index in [1.54, 1.807) is 0 Å². The first-order valence-corrected chi connectivity index (χ1v) is 5.18. The minimum absolute atomic E-state index is 0.0719. The van der Waals surface area contributed by atoms with Crippen LogP contribution in [0.3, 0.4) is 0 Å². The van der Waals surface area contributed by atoms with Crippen molar-refractivity contribution in [1.82, 2.24) is 5.32 Å².